The lowest BCUT2D eigenvalue weighted by atomic mass is 10.1. The molecule has 0 aliphatic heterocycles. The highest BCUT2D eigenvalue weighted by Gasteiger charge is 2.14. The van der Waals surface area contributed by atoms with Crippen molar-refractivity contribution in [3.63, 3.8) is 0 Å². The van der Waals surface area contributed by atoms with Gasteiger partial charge in [-0.15, -0.1) is 0 Å². The van der Waals surface area contributed by atoms with Gasteiger partial charge in [-0.3, -0.25) is 4.79 Å². The summed E-state index contributed by atoms with van der Waals surface area (Å²) in [4.78, 5) is 12.7. The van der Waals surface area contributed by atoms with E-state index in [9.17, 15) is 10.1 Å². The van der Waals surface area contributed by atoms with E-state index in [1.54, 1.807) is 42.5 Å². The van der Waals surface area contributed by atoms with Crippen molar-refractivity contribution in [2.75, 3.05) is 19.5 Å². The van der Waals surface area contributed by atoms with Crippen molar-refractivity contribution < 1.29 is 19.0 Å². The molecule has 0 saturated heterocycles. The fourth-order valence-electron chi connectivity index (χ4n) is 2.97. The van der Waals surface area contributed by atoms with Gasteiger partial charge < -0.3 is 19.5 Å². The van der Waals surface area contributed by atoms with Gasteiger partial charge in [0.05, 0.1) is 30.0 Å². The summed E-state index contributed by atoms with van der Waals surface area (Å²) in [7, 11) is 2.97. The molecule has 0 fully saturated rings. The van der Waals surface area contributed by atoms with Crippen LogP contribution in [0.2, 0.25) is 15.1 Å². The number of nitrogens with one attached hydrogen (secondary N) is 1. The Morgan fingerprint density at radius 1 is 0.941 bits per heavy atom. The van der Waals surface area contributed by atoms with Crippen molar-refractivity contribution in [2.24, 2.45) is 0 Å². The second kappa shape index (κ2) is 11.7. The lowest BCUT2D eigenvalue weighted by Gasteiger charge is -2.12. The molecule has 1 amide bonds. The zero-order valence-corrected chi connectivity index (χ0v) is 20.5. The molecular weight excluding hydrogens is 499 g/mol. The first-order valence-electron chi connectivity index (χ1n) is 9.86. The Bertz CT molecular complexity index is 1290. The second-order valence-corrected chi connectivity index (χ2v) is 8.17. The van der Waals surface area contributed by atoms with Gasteiger partial charge in [0.25, 0.3) is 5.91 Å². The highest BCUT2D eigenvalue weighted by atomic mass is 35.5. The molecule has 0 unspecified atom stereocenters. The maximum absolute atomic E-state index is 12.7. The van der Waals surface area contributed by atoms with E-state index in [-0.39, 0.29) is 12.2 Å². The number of nitrogens with zero attached hydrogens (tertiary/aromatic N) is 1. The standard InChI is InChI=1S/C25H19Cl3N2O4/c1-32-22-8-5-18(26)12-21(22)30-25(31)17(13-29)9-15-4-7-23(24(11-15)33-2)34-14-16-3-6-19(27)20(28)10-16/h3-12H,14H2,1-2H3,(H,30,31)/b17-9+. The molecule has 0 saturated carbocycles. The highest BCUT2D eigenvalue weighted by molar-refractivity contribution is 6.42. The molecule has 3 aromatic rings. The number of anilines is 1. The van der Waals surface area contributed by atoms with Crippen molar-refractivity contribution in [1.82, 2.24) is 0 Å². The number of hydrogen-bond donors (Lipinski definition) is 1. The summed E-state index contributed by atoms with van der Waals surface area (Å²) in [6, 6.07) is 17.0. The summed E-state index contributed by atoms with van der Waals surface area (Å²) in [5.74, 6) is 0.725. The van der Waals surface area contributed by atoms with Gasteiger partial charge in [-0.25, -0.2) is 0 Å². The van der Waals surface area contributed by atoms with Crippen LogP contribution in [-0.2, 0) is 11.4 Å². The average Bonchev–Trinajstić information content (AvgIpc) is 2.83. The number of benzene rings is 3. The summed E-state index contributed by atoms with van der Waals surface area (Å²) in [5, 5.41) is 13.5. The van der Waals surface area contributed by atoms with Crippen LogP contribution in [0.1, 0.15) is 11.1 Å². The Labute approximate surface area is 212 Å². The molecule has 0 bridgehead atoms. The third-order valence-electron chi connectivity index (χ3n) is 4.65. The average molecular weight is 518 g/mol. The van der Waals surface area contributed by atoms with Crippen molar-refractivity contribution in [1.29, 1.82) is 5.26 Å². The first-order valence-corrected chi connectivity index (χ1v) is 11.0. The minimum absolute atomic E-state index is 0.117. The fraction of sp³-hybridized carbons (Fsp3) is 0.120. The predicted molar refractivity (Wildman–Crippen MR) is 134 cm³/mol. The SMILES string of the molecule is COc1ccc(Cl)cc1NC(=O)/C(C#N)=C/c1ccc(OCc2ccc(Cl)c(Cl)c2)c(OC)c1. The van der Waals surface area contributed by atoms with Crippen LogP contribution in [0.25, 0.3) is 6.08 Å². The van der Waals surface area contributed by atoms with Crippen LogP contribution in [0.4, 0.5) is 5.69 Å². The molecule has 9 heteroatoms. The molecule has 174 valence electrons. The van der Waals surface area contributed by atoms with Gasteiger partial charge in [0.1, 0.15) is 24.0 Å². The number of rotatable bonds is 8. The first kappa shape index (κ1) is 25.3. The Morgan fingerprint density at radius 2 is 1.68 bits per heavy atom. The Hall–Kier alpha value is -3.37. The van der Waals surface area contributed by atoms with E-state index in [2.05, 4.69) is 5.32 Å². The zero-order chi connectivity index (χ0) is 24.7. The molecule has 3 rings (SSSR count). The number of amides is 1. The Kier molecular flexibility index (Phi) is 8.67. The molecule has 3 aromatic carbocycles. The van der Waals surface area contributed by atoms with Crippen LogP contribution >= 0.6 is 34.8 Å². The number of carbonyl (C=O) groups is 1. The number of hydrogen-bond acceptors (Lipinski definition) is 5. The van der Waals surface area contributed by atoms with E-state index in [1.807, 2.05) is 12.1 Å². The molecule has 0 atom stereocenters. The van der Waals surface area contributed by atoms with Gasteiger partial charge in [0.15, 0.2) is 11.5 Å². The third kappa shape index (κ3) is 6.36. The smallest absolute Gasteiger partial charge is 0.266 e. The molecule has 1 N–H and O–H groups in total. The van der Waals surface area contributed by atoms with E-state index in [0.717, 1.165) is 5.56 Å². The molecule has 6 nitrogen and oxygen atoms in total. The highest BCUT2D eigenvalue weighted by Crippen LogP contribution is 2.31. The van der Waals surface area contributed by atoms with Crippen molar-refractivity contribution in [2.45, 2.75) is 6.61 Å². The van der Waals surface area contributed by atoms with E-state index in [4.69, 9.17) is 49.0 Å². The summed E-state index contributed by atoms with van der Waals surface area (Å²) in [6.45, 7) is 0.246. The molecule has 0 heterocycles. The summed E-state index contributed by atoms with van der Waals surface area (Å²) in [6.07, 6.45) is 1.44. The van der Waals surface area contributed by atoms with E-state index >= 15 is 0 Å². The van der Waals surface area contributed by atoms with Crippen LogP contribution in [0.15, 0.2) is 60.2 Å². The predicted octanol–water partition coefficient (Wildman–Crippen LogP) is 6.79. The number of nitriles is 1. The molecule has 0 aliphatic carbocycles. The minimum atomic E-state index is -0.609. The van der Waals surface area contributed by atoms with Gasteiger partial charge in [-0.05, 0) is 59.7 Å². The van der Waals surface area contributed by atoms with Crippen LogP contribution < -0.4 is 19.5 Å². The second-order valence-electron chi connectivity index (χ2n) is 6.92. The molecule has 0 aromatic heterocycles. The van der Waals surface area contributed by atoms with Gasteiger partial charge in [0.2, 0.25) is 0 Å². The zero-order valence-electron chi connectivity index (χ0n) is 18.2. The van der Waals surface area contributed by atoms with Gasteiger partial charge in [-0.1, -0.05) is 46.9 Å². The molecule has 34 heavy (non-hydrogen) atoms. The van der Waals surface area contributed by atoms with E-state index < -0.39 is 5.91 Å². The number of carbonyl (C=O) groups excluding carboxylic acids is 1. The Balaban J connectivity index is 1.78. The topological polar surface area (TPSA) is 80.6 Å². The fourth-order valence-corrected chi connectivity index (χ4v) is 3.46. The number of halogens is 3. The lowest BCUT2D eigenvalue weighted by molar-refractivity contribution is -0.112. The monoisotopic (exact) mass is 516 g/mol. The Morgan fingerprint density at radius 3 is 2.35 bits per heavy atom. The van der Waals surface area contributed by atoms with Crippen molar-refractivity contribution in [3.05, 3.63) is 86.4 Å². The summed E-state index contributed by atoms with van der Waals surface area (Å²) in [5.41, 5.74) is 1.64. The van der Waals surface area contributed by atoms with Gasteiger partial charge >= 0.3 is 0 Å². The lowest BCUT2D eigenvalue weighted by Crippen LogP contribution is -2.14. The van der Waals surface area contributed by atoms with Crippen LogP contribution in [-0.4, -0.2) is 20.1 Å². The van der Waals surface area contributed by atoms with Crippen LogP contribution in [0, 0.1) is 11.3 Å². The third-order valence-corrected chi connectivity index (χ3v) is 5.63. The summed E-state index contributed by atoms with van der Waals surface area (Å²) < 4.78 is 16.5. The normalized spacial score (nSPS) is 10.9. The maximum atomic E-state index is 12.7. The number of ether oxygens (including phenoxy) is 3. The molecule has 0 aliphatic rings. The minimum Gasteiger partial charge on any atom is -0.495 e. The molecule has 0 spiro atoms. The number of methoxy groups -OCH3 is 2. The van der Waals surface area contributed by atoms with Gasteiger partial charge in [-0.2, -0.15) is 5.26 Å². The van der Waals surface area contributed by atoms with Crippen molar-refractivity contribution >= 4 is 52.5 Å². The van der Waals surface area contributed by atoms with E-state index in [1.165, 1.54) is 26.4 Å². The first-order chi connectivity index (χ1) is 16.3. The summed E-state index contributed by atoms with van der Waals surface area (Å²) >= 11 is 18.0. The quantitative estimate of drug-likeness (QED) is 0.263. The molecular formula is C25H19Cl3N2O4. The maximum Gasteiger partial charge on any atom is 0.266 e. The van der Waals surface area contributed by atoms with Gasteiger partial charge in [0, 0.05) is 5.02 Å². The van der Waals surface area contributed by atoms with E-state index in [0.29, 0.717) is 43.6 Å². The van der Waals surface area contributed by atoms with Crippen LogP contribution in [0.3, 0.4) is 0 Å². The van der Waals surface area contributed by atoms with Crippen molar-refractivity contribution in [3.8, 4) is 23.3 Å². The molecule has 0 radical (unpaired) electrons. The largest absolute Gasteiger partial charge is 0.495 e. The van der Waals surface area contributed by atoms with Crippen LogP contribution in [0.5, 0.6) is 17.2 Å².